The molecule has 0 bridgehead atoms. The molecule has 2 aromatic heterocycles. The zero-order chi connectivity index (χ0) is 13.7. The van der Waals surface area contributed by atoms with Crippen molar-refractivity contribution in [3.05, 3.63) is 45.8 Å². The van der Waals surface area contributed by atoms with Gasteiger partial charge in [0.05, 0.1) is 12.1 Å². The van der Waals surface area contributed by atoms with Gasteiger partial charge in [-0.2, -0.15) is 0 Å². The Morgan fingerprint density at radius 1 is 1.37 bits per heavy atom. The first kappa shape index (κ1) is 13.5. The summed E-state index contributed by atoms with van der Waals surface area (Å²) in [6.45, 7) is 2.70. The third-order valence-electron chi connectivity index (χ3n) is 2.91. The van der Waals surface area contributed by atoms with E-state index < -0.39 is 0 Å². The Kier molecular flexibility index (Phi) is 4.52. The van der Waals surface area contributed by atoms with E-state index in [1.807, 2.05) is 0 Å². The molecule has 2 rings (SSSR count). The minimum absolute atomic E-state index is 0.0920. The number of aromatic nitrogens is 1. The number of pyridine rings is 1. The maximum Gasteiger partial charge on any atom is 0.253 e. The molecule has 4 nitrogen and oxygen atoms in total. The van der Waals surface area contributed by atoms with Crippen molar-refractivity contribution in [2.24, 2.45) is 0 Å². The number of carbonyl (C=O) groups excluding carboxylic acids is 1. The Hall–Kier alpha value is -1.88. The van der Waals surface area contributed by atoms with E-state index in [0.717, 1.165) is 12.2 Å². The third-order valence-corrected chi connectivity index (χ3v) is 3.87. The molecule has 0 spiro atoms. The number of aryl methyl sites for hydroxylation is 1. The molecule has 1 amide bonds. The van der Waals surface area contributed by atoms with Gasteiger partial charge in [0, 0.05) is 18.1 Å². The van der Waals surface area contributed by atoms with Crippen molar-refractivity contribution in [1.29, 1.82) is 0 Å². The van der Waals surface area contributed by atoms with Crippen LogP contribution in [-0.4, -0.2) is 17.9 Å². The molecule has 0 fully saturated rings. The molecule has 0 saturated heterocycles. The summed E-state index contributed by atoms with van der Waals surface area (Å²) >= 11 is 1.68. The molecule has 0 radical (unpaired) electrons. The van der Waals surface area contributed by atoms with Gasteiger partial charge in [0.25, 0.3) is 5.91 Å². The summed E-state index contributed by atoms with van der Waals surface area (Å²) in [5.41, 5.74) is 1.88. The summed E-state index contributed by atoms with van der Waals surface area (Å²) in [7, 11) is 1.80. The van der Waals surface area contributed by atoms with Crippen LogP contribution in [0.25, 0.3) is 0 Å². The van der Waals surface area contributed by atoms with Gasteiger partial charge in [0.1, 0.15) is 5.82 Å². The van der Waals surface area contributed by atoms with Gasteiger partial charge in [-0.05, 0) is 35.6 Å². The molecule has 19 heavy (non-hydrogen) atoms. The predicted molar refractivity (Wildman–Crippen MR) is 78.7 cm³/mol. The lowest BCUT2D eigenvalue weighted by Gasteiger charge is -2.06. The number of rotatable bonds is 5. The Morgan fingerprint density at radius 2 is 2.21 bits per heavy atom. The van der Waals surface area contributed by atoms with E-state index in [1.54, 1.807) is 36.7 Å². The summed E-state index contributed by atoms with van der Waals surface area (Å²) in [6, 6.07) is 5.66. The predicted octanol–water partition coefficient (Wildman–Crippen LogP) is 2.68. The van der Waals surface area contributed by atoms with Gasteiger partial charge in [-0.25, -0.2) is 4.98 Å². The van der Waals surface area contributed by atoms with Crippen LogP contribution in [0.4, 0.5) is 5.82 Å². The molecule has 0 aliphatic carbocycles. The number of nitrogens with zero attached hydrogens (tertiary/aromatic N) is 1. The molecule has 100 valence electrons. The van der Waals surface area contributed by atoms with Crippen LogP contribution in [0.2, 0.25) is 0 Å². The van der Waals surface area contributed by atoms with Crippen LogP contribution in [0.1, 0.15) is 27.7 Å². The van der Waals surface area contributed by atoms with Gasteiger partial charge in [-0.3, -0.25) is 4.79 Å². The van der Waals surface area contributed by atoms with Gasteiger partial charge >= 0.3 is 0 Å². The molecule has 2 aromatic rings. The zero-order valence-corrected chi connectivity index (χ0v) is 11.9. The van der Waals surface area contributed by atoms with E-state index in [2.05, 4.69) is 34.0 Å². The Bertz CT molecular complexity index is 548. The zero-order valence-electron chi connectivity index (χ0n) is 11.1. The van der Waals surface area contributed by atoms with Crippen molar-refractivity contribution in [3.63, 3.8) is 0 Å². The fraction of sp³-hybridized carbons (Fsp3) is 0.286. The highest BCUT2D eigenvalue weighted by molar-refractivity contribution is 7.10. The molecule has 2 N–H and O–H groups in total. The first-order valence-electron chi connectivity index (χ1n) is 6.21. The first-order chi connectivity index (χ1) is 9.24. The van der Waals surface area contributed by atoms with E-state index >= 15 is 0 Å². The van der Waals surface area contributed by atoms with Gasteiger partial charge in [0.2, 0.25) is 0 Å². The van der Waals surface area contributed by atoms with Gasteiger partial charge in [-0.15, -0.1) is 11.3 Å². The second-order valence-corrected chi connectivity index (χ2v) is 5.09. The van der Waals surface area contributed by atoms with E-state index in [1.165, 1.54) is 10.4 Å². The minimum Gasteiger partial charge on any atom is -0.373 e. The summed E-state index contributed by atoms with van der Waals surface area (Å²) in [5.74, 6) is 0.661. The molecule has 5 heteroatoms. The van der Waals surface area contributed by atoms with E-state index in [9.17, 15) is 4.79 Å². The lowest BCUT2D eigenvalue weighted by atomic mass is 10.2. The Morgan fingerprint density at radius 3 is 2.84 bits per heavy atom. The molecule has 0 aliphatic rings. The van der Waals surface area contributed by atoms with Gasteiger partial charge in [0.15, 0.2) is 0 Å². The molecule has 0 saturated carbocycles. The fourth-order valence-electron chi connectivity index (χ4n) is 1.78. The van der Waals surface area contributed by atoms with Crippen molar-refractivity contribution in [2.75, 3.05) is 12.4 Å². The SMILES string of the molecule is CCc1ccsc1CNC(=O)c1ccc(NC)nc1. The number of anilines is 1. The number of carbonyl (C=O) groups is 1. The quantitative estimate of drug-likeness (QED) is 0.882. The van der Waals surface area contributed by atoms with E-state index in [4.69, 9.17) is 0 Å². The van der Waals surface area contributed by atoms with E-state index in [0.29, 0.717) is 12.1 Å². The van der Waals surface area contributed by atoms with Crippen LogP contribution in [-0.2, 0) is 13.0 Å². The minimum atomic E-state index is -0.0920. The molecular formula is C14H17N3OS. The van der Waals surface area contributed by atoms with Crippen LogP contribution in [0.5, 0.6) is 0 Å². The van der Waals surface area contributed by atoms with Crippen molar-refractivity contribution >= 4 is 23.1 Å². The highest BCUT2D eigenvalue weighted by Crippen LogP contribution is 2.17. The van der Waals surface area contributed by atoms with Crippen molar-refractivity contribution in [3.8, 4) is 0 Å². The summed E-state index contributed by atoms with van der Waals surface area (Å²) in [4.78, 5) is 17.3. The largest absolute Gasteiger partial charge is 0.373 e. The van der Waals surface area contributed by atoms with Crippen LogP contribution < -0.4 is 10.6 Å². The highest BCUT2D eigenvalue weighted by Gasteiger charge is 2.08. The molecule has 0 aliphatic heterocycles. The number of amides is 1. The second kappa shape index (κ2) is 6.33. The summed E-state index contributed by atoms with van der Waals surface area (Å²) in [5, 5.41) is 7.91. The normalized spacial score (nSPS) is 10.2. The van der Waals surface area contributed by atoms with Crippen LogP contribution in [0.15, 0.2) is 29.8 Å². The van der Waals surface area contributed by atoms with Crippen molar-refractivity contribution < 1.29 is 4.79 Å². The first-order valence-corrected chi connectivity index (χ1v) is 7.09. The molecular weight excluding hydrogens is 258 g/mol. The maximum absolute atomic E-state index is 12.0. The van der Waals surface area contributed by atoms with Gasteiger partial charge < -0.3 is 10.6 Å². The molecule has 0 atom stereocenters. The van der Waals surface area contributed by atoms with Crippen LogP contribution >= 0.6 is 11.3 Å². The molecule has 0 unspecified atom stereocenters. The number of hydrogen-bond acceptors (Lipinski definition) is 4. The summed E-state index contributed by atoms with van der Waals surface area (Å²) in [6.07, 6.45) is 2.57. The smallest absolute Gasteiger partial charge is 0.253 e. The maximum atomic E-state index is 12.0. The lowest BCUT2D eigenvalue weighted by Crippen LogP contribution is -2.22. The van der Waals surface area contributed by atoms with Crippen LogP contribution in [0, 0.1) is 0 Å². The van der Waals surface area contributed by atoms with Gasteiger partial charge in [-0.1, -0.05) is 6.92 Å². The molecule has 0 aromatic carbocycles. The van der Waals surface area contributed by atoms with E-state index in [-0.39, 0.29) is 5.91 Å². The average Bonchev–Trinajstić information content (AvgIpc) is 2.92. The van der Waals surface area contributed by atoms with Crippen LogP contribution in [0.3, 0.4) is 0 Å². The second-order valence-electron chi connectivity index (χ2n) is 4.09. The number of nitrogens with one attached hydrogen (secondary N) is 2. The number of thiophene rings is 1. The topological polar surface area (TPSA) is 54.0 Å². The Labute approximate surface area is 116 Å². The average molecular weight is 275 g/mol. The van der Waals surface area contributed by atoms with Crippen molar-refractivity contribution in [1.82, 2.24) is 10.3 Å². The fourth-order valence-corrected chi connectivity index (χ4v) is 2.69. The lowest BCUT2D eigenvalue weighted by molar-refractivity contribution is 0.0951. The van der Waals surface area contributed by atoms with Crippen molar-refractivity contribution in [2.45, 2.75) is 19.9 Å². The standard InChI is InChI=1S/C14H17N3OS/c1-3-10-6-7-19-12(10)9-17-14(18)11-4-5-13(15-2)16-8-11/h4-8H,3,9H2,1-2H3,(H,15,16)(H,17,18). The Balaban J connectivity index is 1.97. The monoisotopic (exact) mass is 275 g/mol. The molecule has 2 heterocycles. The third kappa shape index (κ3) is 3.32. The highest BCUT2D eigenvalue weighted by atomic mass is 32.1. The number of hydrogen-bond donors (Lipinski definition) is 2. The summed E-state index contributed by atoms with van der Waals surface area (Å²) < 4.78 is 0.